The molecule has 1 aliphatic rings. The number of hydrogen-bond acceptors (Lipinski definition) is 4. The highest BCUT2D eigenvalue weighted by molar-refractivity contribution is 7.09. The van der Waals surface area contributed by atoms with Gasteiger partial charge in [-0.2, -0.15) is 0 Å². The number of aromatic nitrogens is 1. The highest BCUT2D eigenvalue weighted by atomic mass is 35.5. The Morgan fingerprint density at radius 2 is 2.38 bits per heavy atom. The molecule has 0 saturated heterocycles. The topological polar surface area (TPSA) is 51.2 Å². The summed E-state index contributed by atoms with van der Waals surface area (Å²) in [6.07, 6.45) is 2.49. The van der Waals surface area contributed by atoms with Crippen molar-refractivity contribution >= 4 is 34.5 Å². The molecule has 1 heterocycles. The van der Waals surface area contributed by atoms with Crippen LogP contribution in [-0.4, -0.2) is 18.0 Å². The van der Waals surface area contributed by atoms with Crippen LogP contribution < -0.4 is 10.1 Å². The van der Waals surface area contributed by atoms with Crippen molar-refractivity contribution in [2.75, 3.05) is 12.4 Å². The molecule has 3 rings (SSSR count). The lowest BCUT2D eigenvalue weighted by molar-refractivity contribution is -0.120. The Hall–Kier alpha value is -1.59. The molecule has 1 atom stereocenters. The van der Waals surface area contributed by atoms with Crippen molar-refractivity contribution < 1.29 is 9.53 Å². The maximum absolute atomic E-state index is 12.4. The molecule has 1 aromatic heterocycles. The number of rotatable bonds is 3. The second kappa shape index (κ2) is 6.03. The molecular formula is C15H15ClN2O2S. The van der Waals surface area contributed by atoms with Crippen LogP contribution in [0.4, 0.5) is 5.69 Å². The Morgan fingerprint density at radius 1 is 1.52 bits per heavy atom. The molecule has 21 heavy (non-hydrogen) atoms. The zero-order chi connectivity index (χ0) is 14.8. The van der Waals surface area contributed by atoms with E-state index in [0.29, 0.717) is 16.5 Å². The average molecular weight is 323 g/mol. The standard InChI is InChI=1S/C15H15ClN2O2S/c1-20-13-5-3-10(7-11(13)16)18-15(19)9-2-4-12-14(6-9)21-8-17-12/h3,5,7-9H,2,4,6H2,1H3,(H,18,19). The number of halogens is 1. The zero-order valence-electron chi connectivity index (χ0n) is 11.6. The Kier molecular flexibility index (Phi) is 4.12. The number of nitrogens with zero attached hydrogens (tertiary/aromatic N) is 1. The summed E-state index contributed by atoms with van der Waals surface area (Å²) in [5.41, 5.74) is 3.70. The fraction of sp³-hybridized carbons (Fsp3) is 0.333. The lowest BCUT2D eigenvalue weighted by Crippen LogP contribution is -2.27. The minimum Gasteiger partial charge on any atom is -0.495 e. The van der Waals surface area contributed by atoms with E-state index in [2.05, 4.69) is 10.3 Å². The molecule has 0 fully saturated rings. The smallest absolute Gasteiger partial charge is 0.227 e. The molecule has 0 bridgehead atoms. The predicted molar refractivity (Wildman–Crippen MR) is 84.3 cm³/mol. The lowest BCUT2D eigenvalue weighted by Gasteiger charge is -2.20. The molecule has 1 N–H and O–H groups in total. The molecule has 1 aliphatic carbocycles. The molecule has 0 saturated carbocycles. The second-order valence-corrected chi connectivity index (χ2v) is 6.35. The molecule has 0 radical (unpaired) electrons. The number of hydrogen-bond donors (Lipinski definition) is 1. The van der Waals surface area contributed by atoms with Crippen molar-refractivity contribution in [1.82, 2.24) is 4.98 Å². The van der Waals surface area contributed by atoms with E-state index in [1.165, 1.54) is 4.88 Å². The van der Waals surface area contributed by atoms with Crippen molar-refractivity contribution in [3.8, 4) is 5.75 Å². The normalized spacial score (nSPS) is 17.1. The number of aryl methyl sites for hydroxylation is 1. The average Bonchev–Trinajstić information content (AvgIpc) is 2.94. The summed E-state index contributed by atoms with van der Waals surface area (Å²) in [7, 11) is 1.56. The molecule has 1 aromatic carbocycles. The minimum absolute atomic E-state index is 0.00109. The molecule has 1 unspecified atom stereocenters. The van der Waals surface area contributed by atoms with Crippen molar-refractivity contribution in [3.63, 3.8) is 0 Å². The van der Waals surface area contributed by atoms with Crippen molar-refractivity contribution in [1.29, 1.82) is 0 Å². The molecule has 6 heteroatoms. The predicted octanol–water partition coefficient (Wildman–Crippen LogP) is 3.55. The van der Waals surface area contributed by atoms with E-state index in [-0.39, 0.29) is 11.8 Å². The van der Waals surface area contributed by atoms with Gasteiger partial charge in [-0.3, -0.25) is 4.79 Å². The number of methoxy groups -OCH3 is 1. The van der Waals surface area contributed by atoms with Crippen LogP contribution in [0.15, 0.2) is 23.7 Å². The van der Waals surface area contributed by atoms with Crippen LogP contribution >= 0.6 is 22.9 Å². The summed E-state index contributed by atoms with van der Waals surface area (Å²) in [6, 6.07) is 5.25. The van der Waals surface area contributed by atoms with Gasteiger partial charge in [-0.05, 0) is 37.5 Å². The molecule has 1 amide bonds. The van der Waals surface area contributed by atoms with E-state index in [1.807, 2.05) is 5.51 Å². The molecule has 2 aromatic rings. The number of amides is 1. The van der Waals surface area contributed by atoms with Gasteiger partial charge in [0.25, 0.3) is 0 Å². The van der Waals surface area contributed by atoms with Gasteiger partial charge in [0.05, 0.1) is 23.3 Å². The number of anilines is 1. The van der Waals surface area contributed by atoms with E-state index in [0.717, 1.165) is 25.0 Å². The van der Waals surface area contributed by atoms with Crippen molar-refractivity contribution in [3.05, 3.63) is 39.3 Å². The largest absolute Gasteiger partial charge is 0.495 e. The number of carbonyl (C=O) groups excluding carboxylic acids is 1. The fourth-order valence-electron chi connectivity index (χ4n) is 2.51. The minimum atomic E-state index is -0.00109. The fourth-order valence-corrected chi connectivity index (χ4v) is 3.67. The van der Waals surface area contributed by atoms with Crippen LogP contribution in [-0.2, 0) is 17.6 Å². The maximum Gasteiger partial charge on any atom is 0.227 e. The van der Waals surface area contributed by atoms with Crippen molar-refractivity contribution in [2.24, 2.45) is 5.92 Å². The summed E-state index contributed by atoms with van der Waals surface area (Å²) in [5, 5.41) is 3.42. The number of fused-ring (bicyclic) bond motifs is 1. The number of benzene rings is 1. The highest BCUT2D eigenvalue weighted by Crippen LogP contribution is 2.30. The Bertz CT molecular complexity index is 671. The van der Waals surface area contributed by atoms with Gasteiger partial charge < -0.3 is 10.1 Å². The summed E-state index contributed by atoms with van der Waals surface area (Å²) in [6.45, 7) is 0. The quantitative estimate of drug-likeness (QED) is 0.940. The van der Waals surface area contributed by atoms with E-state index in [1.54, 1.807) is 36.6 Å². The highest BCUT2D eigenvalue weighted by Gasteiger charge is 2.26. The maximum atomic E-state index is 12.4. The second-order valence-electron chi connectivity index (χ2n) is 5.00. The molecule has 0 aliphatic heterocycles. The molecular weight excluding hydrogens is 308 g/mol. The summed E-state index contributed by atoms with van der Waals surface area (Å²) in [4.78, 5) is 17.9. The monoisotopic (exact) mass is 322 g/mol. The zero-order valence-corrected chi connectivity index (χ0v) is 13.1. The van der Waals surface area contributed by atoms with Gasteiger partial charge in [-0.1, -0.05) is 11.6 Å². The Balaban J connectivity index is 1.68. The molecule has 4 nitrogen and oxygen atoms in total. The summed E-state index contributed by atoms with van der Waals surface area (Å²) >= 11 is 7.70. The van der Waals surface area contributed by atoms with Crippen LogP contribution in [0, 0.1) is 5.92 Å². The van der Waals surface area contributed by atoms with Crippen LogP contribution in [0.25, 0.3) is 0 Å². The summed E-state index contributed by atoms with van der Waals surface area (Å²) < 4.78 is 5.10. The van der Waals surface area contributed by atoms with Gasteiger partial charge in [-0.25, -0.2) is 4.98 Å². The van der Waals surface area contributed by atoms with Crippen molar-refractivity contribution in [2.45, 2.75) is 19.3 Å². The van der Waals surface area contributed by atoms with E-state index < -0.39 is 0 Å². The van der Waals surface area contributed by atoms with E-state index in [4.69, 9.17) is 16.3 Å². The van der Waals surface area contributed by atoms with Crippen LogP contribution in [0.2, 0.25) is 5.02 Å². The van der Waals surface area contributed by atoms with Crippen LogP contribution in [0.1, 0.15) is 17.0 Å². The first-order valence-corrected chi connectivity index (χ1v) is 7.99. The third-order valence-corrected chi connectivity index (χ3v) is 4.87. The molecule has 110 valence electrons. The van der Waals surface area contributed by atoms with Crippen LogP contribution in [0.3, 0.4) is 0 Å². The number of nitrogens with one attached hydrogen (secondary N) is 1. The third kappa shape index (κ3) is 3.04. The van der Waals surface area contributed by atoms with E-state index >= 15 is 0 Å². The van der Waals surface area contributed by atoms with Gasteiger partial charge >= 0.3 is 0 Å². The van der Waals surface area contributed by atoms with Gasteiger partial charge in [-0.15, -0.1) is 11.3 Å². The van der Waals surface area contributed by atoms with Gasteiger partial charge in [0.1, 0.15) is 5.75 Å². The summed E-state index contributed by atoms with van der Waals surface area (Å²) in [5.74, 6) is 0.635. The van der Waals surface area contributed by atoms with Gasteiger partial charge in [0.15, 0.2) is 0 Å². The van der Waals surface area contributed by atoms with Crippen LogP contribution in [0.5, 0.6) is 5.75 Å². The number of thiazole rings is 1. The number of carbonyl (C=O) groups is 1. The first-order valence-electron chi connectivity index (χ1n) is 6.73. The van der Waals surface area contributed by atoms with E-state index in [9.17, 15) is 4.79 Å². The Morgan fingerprint density at radius 3 is 3.14 bits per heavy atom. The van der Waals surface area contributed by atoms with Gasteiger partial charge in [0.2, 0.25) is 5.91 Å². The molecule has 0 spiro atoms. The first-order chi connectivity index (χ1) is 10.2. The van der Waals surface area contributed by atoms with Gasteiger partial charge in [0, 0.05) is 16.5 Å². The third-order valence-electron chi connectivity index (χ3n) is 3.68. The number of ether oxygens (including phenoxy) is 1. The first kappa shape index (κ1) is 14.4. The lowest BCUT2D eigenvalue weighted by atomic mass is 9.90. The Labute approximate surface area is 132 Å². The SMILES string of the molecule is COc1ccc(NC(=O)C2CCc3ncsc3C2)cc1Cl.